The summed E-state index contributed by atoms with van der Waals surface area (Å²) in [6.45, 7) is 34.7. The first kappa shape index (κ1) is 39.1. The first-order valence-electron chi connectivity index (χ1n) is 17.0. The van der Waals surface area contributed by atoms with E-state index in [0.717, 1.165) is 59.9 Å². The Kier molecular flexibility index (Phi) is 13.1. The van der Waals surface area contributed by atoms with Crippen LogP contribution in [0.2, 0.25) is 36.3 Å². The van der Waals surface area contributed by atoms with E-state index in [9.17, 15) is 9.90 Å². The summed E-state index contributed by atoms with van der Waals surface area (Å²) in [5.41, 5.74) is 1.81. The van der Waals surface area contributed by atoms with Gasteiger partial charge < -0.3 is 18.1 Å². The van der Waals surface area contributed by atoms with E-state index in [1.54, 1.807) is 0 Å². The van der Waals surface area contributed by atoms with Gasteiger partial charge in [0.15, 0.2) is 16.6 Å². The minimum atomic E-state index is -1.92. The fourth-order valence-corrected chi connectivity index (χ4v) is 10.1. The van der Waals surface area contributed by atoms with E-state index < -0.39 is 22.6 Å². The Labute approximate surface area is 274 Å². The summed E-state index contributed by atoms with van der Waals surface area (Å²) >= 11 is 0. The van der Waals surface area contributed by atoms with Gasteiger partial charge in [0.25, 0.3) is 0 Å². The third-order valence-corrected chi connectivity index (χ3v) is 22.2. The Bertz CT molecular complexity index is 955. The van der Waals surface area contributed by atoms with Crippen LogP contribution in [0.4, 0.5) is 0 Å². The van der Waals surface area contributed by atoms with Gasteiger partial charge in [-0.15, -0.1) is 0 Å². The molecule has 0 bridgehead atoms. The third-order valence-electron chi connectivity index (χ3n) is 13.2. The van der Waals surface area contributed by atoms with Gasteiger partial charge in [-0.05, 0) is 122 Å². The van der Waals surface area contributed by atoms with Crippen molar-refractivity contribution >= 4 is 43.6 Å². The number of carbonyl (C=O) groups is 1. The lowest BCUT2D eigenvalue weighted by molar-refractivity contribution is -0.140. The molecule has 3 fully saturated rings. The molecule has 0 amide bonds. The number of rotatable bonds is 9. The van der Waals surface area contributed by atoms with Gasteiger partial charge in [-0.3, -0.25) is 4.79 Å². The lowest BCUT2D eigenvalue weighted by atomic mass is 9.49. The molecule has 3 aliphatic carbocycles. The minimum Gasteiger partial charge on any atom is -0.481 e. The Morgan fingerprint density at radius 3 is 1.91 bits per heavy atom. The molecule has 7 atom stereocenters. The predicted molar refractivity (Wildman–Crippen MR) is 195 cm³/mol. The van der Waals surface area contributed by atoms with Gasteiger partial charge in [-0.25, -0.2) is 0 Å². The molecule has 0 aromatic heterocycles. The van der Waals surface area contributed by atoms with E-state index in [1.807, 2.05) is 0 Å². The maximum absolute atomic E-state index is 11.7. The molecule has 3 saturated carbocycles. The van der Waals surface area contributed by atoms with E-state index in [0.29, 0.717) is 23.7 Å². The van der Waals surface area contributed by atoms with Gasteiger partial charge in [0.2, 0.25) is 0 Å². The van der Waals surface area contributed by atoms with Crippen molar-refractivity contribution in [2.45, 2.75) is 143 Å². The van der Waals surface area contributed by atoms with Crippen LogP contribution in [-0.4, -0.2) is 61.9 Å². The maximum atomic E-state index is 11.7. The molecular formula is C34H70O5Si4. The molecular weight excluding hydrogens is 601 g/mol. The molecule has 0 aromatic carbocycles. The average Bonchev–Trinajstić information content (AvgIpc) is 3.16. The molecule has 3 aliphatic rings. The van der Waals surface area contributed by atoms with Crippen molar-refractivity contribution < 1.29 is 22.9 Å². The standard InChI is InChI=1S/C34H64O4Si2.H6OSi2/c1-24-14-15-28-27(23-38-40(12,13)32(5,6)7)29(17-19-33(24,28)8)34(9)18-16-25(21-30(35)36)20-26(34)22-37-39(10,11)31(2,3)4;2-1-3/h25-29H,1,14-23H2,2-13H3,(H,35,36);2-3H3/t25-,26+,27-,28-,29-,33+,34-;/m0./s1. The van der Waals surface area contributed by atoms with Crippen molar-refractivity contribution in [1.29, 1.82) is 0 Å². The highest BCUT2D eigenvalue weighted by atomic mass is 28.4. The summed E-state index contributed by atoms with van der Waals surface area (Å²) in [5.74, 6) is 1.69. The highest BCUT2D eigenvalue weighted by Gasteiger charge is 2.57. The second kappa shape index (κ2) is 14.4. The molecule has 0 heterocycles. The molecule has 43 heavy (non-hydrogen) atoms. The monoisotopic (exact) mass is 670 g/mol. The summed E-state index contributed by atoms with van der Waals surface area (Å²) in [6, 6.07) is 0. The second-order valence-corrected chi connectivity index (χ2v) is 30.9. The van der Waals surface area contributed by atoms with E-state index in [4.69, 9.17) is 8.85 Å². The predicted octanol–water partition coefficient (Wildman–Crippen LogP) is 7.49. The van der Waals surface area contributed by atoms with Crippen LogP contribution < -0.4 is 0 Å². The molecule has 0 saturated heterocycles. The highest BCUT2D eigenvalue weighted by Crippen LogP contribution is 2.64. The minimum absolute atomic E-state index is 0.129. The smallest absolute Gasteiger partial charge is 0.303 e. The van der Waals surface area contributed by atoms with Crippen LogP contribution in [0.5, 0.6) is 0 Å². The van der Waals surface area contributed by atoms with Crippen LogP contribution in [0.1, 0.15) is 107 Å². The lowest BCUT2D eigenvalue weighted by Crippen LogP contribution is -2.54. The fourth-order valence-electron chi connectivity index (χ4n) is 7.98. The third kappa shape index (κ3) is 8.86. The SMILES string of the molecule is C=C1CC[C@H]2[C@H](CO[Si](C)(C)C(C)(C)C)[C@@H]([C@@]3(C)CC[C@H](CC(=O)O)C[C@@H]3CO[Si](C)(C)C(C)(C)C)CC[C@]12C.[SiH3]O[SiH3]. The van der Waals surface area contributed by atoms with Gasteiger partial charge in [0.1, 0.15) is 21.0 Å². The number of hydrogen-bond donors (Lipinski definition) is 1. The molecule has 0 aromatic rings. The van der Waals surface area contributed by atoms with Gasteiger partial charge in [0.05, 0.1) is 0 Å². The lowest BCUT2D eigenvalue weighted by Gasteiger charge is -2.58. The zero-order valence-corrected chi connectivity index (χ0v) is 36.7. The Morgan fingerprint density at radius 1 is 0.907 bits per heavy atom. The van der Waals surface area contributed by atoms with Gasteiger partial charge in [-0.1, -0.05) is 67.5 Å². The number of allylic oxidation sites excluding steroid dienone is 1. The second-order valence-electron chi connectivity index (χ2n) is 18.0. The van der Waals surface area contributed by atoms with Gasteiger partial charge in [0, 0.05) is 19.6 Å². The molecule has 9 heteroatoms. The van der Waals surface area contributed by atoms with Crippen LogP contribution in [0, 0.1) is 40.4 Å². The number of fused-ring (bicyclic) bond motifs is 1. The van der Waals surface area contributed by atoms with Gasteiger partial charge in [-0.2, -0.15) is 0 Å². The summed E-state index contributed by atoms with van der Waals surface area (Å²) < 4.78 is 18.5. The topological polar surface area (TPSA) is 65.0 Å². The maximum Gasteiger partial charge on any atom is 0.303 e. The fraction of sp³-hybridized carbons (Fsp3) is 0.912. The van der Waals surface area contributed by atoms with Crippen molar-refractivity contribution in [2.75, 3.05) is 13.2 Å². The Balaban J connectivity index is 0.00000206. The molecule has 1 N–H and O–H groups in total. The zero-order valence-electron chi connectivity index (χ0n) is 30.7. The molecule has 0 unspecified atom stereocenters. The van der Waals surface area contributed by atoms with Gasteiger partial charge >= 0.3 is 5.97 Å². The van der Waals surface area contributed by atoms with Crippen molar-refractivity contribution in [3.63, 3.8) is 0 Å². The van der Waals surface area contributed by atoms with Crippen molar-refractivity contribution in [3.8, 4) is 0 Å². The molecule has 0 aliphatic heterocycles. The summed E-state index contributed by atoms with van der Waals surface area (Å²) in [6.07, 6.45) is 8.20. The van der Waals surface area contributed by atoms with Crippen LogP contribution >= 0.6 is 0 Å². The average molecular weight is 671 g/mol. The summed E-state index contributed by atoms with van der Waals surface area (Å²) in [5, 5.41) is 10.0. The largest absolute Gasteiger partial charge is 0.481 e. The first-order valence-corrected chi connectivity index (χ1v) is 24.5. The molecule has 252 valence electrons. The highest BCUT2D eigenvalue weighted by molar-refractivity contribution is 6.74. The Morgan fingerprint density at radius 2 is 1.42 bits per heavy atom. The number of carboxylic acids is 1. The van der Waals surface area contributed by atoms with Crippen LogP contribution in [-0.2, 0) is 17.8 Å². The van der Waals surface area contributed by atoms with Crippen LogP contribution in [0.25, 0.3) is 0 Å². The number of carboxylic acid groups (broad SMARTS) is 1. The Hall–Kier alpha value is -0.0425. The molecule has 0 spiro atoms. The molecule has 3 rings (SSSR count). The van der Waals surface area contributed by atoms with E-state index in [1.165, 1.54) is 24.8 Å². The number of hydrogen-bond acceptors (Lipinski definition) is 4. The van der Waals surface area contributed by atoms with Crippen LogP contribution in [0.3, 0.4) is 0 Å². The number of aliphatic carboxylic acids is 1. The van der Waals surface area contributed by atoms with E-state index in [-0.39, 0.29) is 33.2 Å². The first-order chi connectivity index (χ1) is 19.5. The van der Waals surface area contributed by atoms with Crippen molar-refractivity contribution in [3.05, 3.63) is 12.2 Å². The molecule has 0 radical (unpaired) electrons. The summed E-state index contributed by atoms with van der Waals surface area (Å²) in [7, 11) is -1.95. The van der Waals surface area contributed by atoms with E-state index in [2.05, 4.69) is 92.3 Å². The van der Waals surface area contributed by atoms with E-state index >= 15 is 0 Å². The van der Waals surface area contributed by atoms with Crippen molar-refractivity contribution in [1.82, 2.24) is 0 Å². The summed E-state index contributed by atoms with van der Waals surface area (Å²) in [4.78, 5) is 11.7. The van der Waals surface area contributed by atoms with Crippen LogP contribution in [0.15, 0.2) is 12.2 Å². The zero-order chi connectivity index (χ0) is 33.2. The molecule has 5 nitrogen and oxygen atoms in total. The quantitative estimate of drug-likeness (QED) is 0.204. The van der Waals surface area contributed by atoms with Crippen molar-refractivity contribution in [2.24, 2.45) is 40.4 Å². The normalized spacial score (nSPS) is 34.0.